The quantitative estimate of drug-likeness (QED) is 0.646. The van der Waals surface area contributed by atoms with Crippen LogP contribution in [0.1, 0.15) is 0 Å². The zero-order chi connectivity index (χ0) is 13.3. The van der Waals surface area contributed by atoms with Crippen LogP contribution in [0.3, 0.4) is 0 Å². The van der Waals surface area contributed by atoms with Crippen LogP contribution in [0.2, 0.25) is 0 Å². The van der Waals surface area contributed by atoms with Gasteiger partial charge in [0.25, 0.3) is 5.69 Å². The standard InChI is InChI=1S/C11H14N4O3/c1-13(2)11-12-9-7-8(15(17)18)3-4-10(9)14(11)5-6-16/h3-4,7,16H,5-6H2,1-2H3. The molecule has 1 aromatic heterocycles. The maximum atomic E-state index is 10.7. The lowest BCUT2D eigenvalue weighted by atomic mass is 10.3. The van der Waals surface area contributed by atoms with Crippen molar-refractivity contribution in [2.75, 3.05) is 25.6 Å². The molecule has 0 aliphatic heterocycles. The second-order valence-corrected chi connectivity index (χ2v) is 4.11. The fraction of sp³-hybridized carbons (Fsp3) is 0.364. The van der Waals surface area contributed by atoms with Gasteiger partial charge in [-0.05, 0) is 6.07 Å². The molecule has 0 unspecified atom stereocenters. The predicted molar refractivity (Wildman–Crippen MR) is 67.8 cm³/mol. The number of fused-ring (bicyclic) bond motifs is 1. The molecule has 2 rings (SSSR count). The van der Waals surface area contributed by atoms with E-state index in [4.69, 9.17) is 5.11 Å². The molecule has 1 aromatic carbocycles. The molecule has 7 heteroatoms. The Morgan fingerprint density at radius 3 is 2.78 bits per heavy atom. The van der Waals surface area contributed by atoms with Crippen LogP contribution in [0.15, 0.2) is 18.2 Å². The number of nitrogens with zero attached hydrogens (tertiary/aromatic N) is 4. The van der Waals surface area contributed by atoms with Gasteiger partial charge >= 0.3 is 0 Å². The van der Waals surface area contributed by atoms with E-state index in [1.807, 2.05) is 23.6 Å². The molecule has 0 bridgehead atoms. The van der Waals surface area contributed by atoms with Crippen LogP contribution in [0, 0.1) is 10.1 Å². The van der Waals surface area contributed by atoms with Gasteiger partial charge in [0.05, 0.1) is 22.6 Å². The number of nitro groups is 1. The summed E-state index contributed by atoms with van der Waals surface area (Å²) in [6.07, 6.45) is 0. The third-order valence-electron chi connectivity index (χ3n) is 2.65. The Balaban J connectivity index is 2.64. The lowest BCUT2D eigenvalue weighted by molar-refractivity contribution is -0.384. The molecule has 2 aromatic rings. The molecular formula is C11H14N4O3. The van der Waals surface area contributed by atoms with Gasteiger partial charge in [-0.15, -0.1) is 0 Å². The summed E-state index contributed by atoms with van der Waals surface area (Å²) < 4.78 is 1.83. The highest BCUT2D eigenvalue weighted by Crippen LogP contribution is 2.25. The van der Waals surface area contributed by atoms with Crippen molar-refractivity contribution in [3.05, 3.63) is 28.3 Å². The maximum Gasteiger partial charge on any atom is 0.271 e. The number of rotatable bonds is 4. The third-order valence-corrected chi connectivity index (χ3v) is 2.65. The summed E-state index contributed by atoms with van der Waals surface area (Å²) in [6.45, 7) is 0.394. The molecule has 0 saturated heterocycles. The number of aliphatic hydroxyl groups excluding tert-OH is 1. The van der Waals surface area contributed by atoms with E-state index in [0.717, 1.165) is 5.52 Å². The highest BCUT2D eigenvalue weighted by atomic mass is 16.6. The number of benzene rings is 1. The molecule has 0 fully saturated rings. The number of anilines is 1. The molecule has 7 nitrogen and oxygen atoms in total. The molecule has 96 valence electrons. The van der Waals surface area contributed by atoms with Crippen molar-refractivity contribution < 1.29 is 10.0 Å². The molecular weight excluding hydrogens is 236 g/mol. The van der Waals surface area contributed by atoms with Crippen molar-refractivity contribution >= 4 is 22.7 Å². The third kappa shape index (κ3) is 2.00. The van der Waals surface area contributed by atoms with Gasteiger partial charge < -0.3 is 14.6 Å². The minimum atomic E-state index is -0.445. The smallest absolute Gasteiger partial charge is 0.271 e. The molecule has 1 heterocycles. The summed E-state index contributed by atoms with van der Waals surface area (Å²) in [5, 5.41) is 19.8. The van der Waals surface area contributed by atoms with Gasteiger partial charge in [0.1, 0.15) is 0 Å². The number of non-ortho nitro benzene ring substituents is 1. The van der Waals surface area contributed by atoms with E-state index in [-0.39, 0.29) is 12.3 Å². The van der Waals surface area contributed by atoms with Crippen LogP contribution in [-0.2, 0) is 6.54 Å². The first-order valence-electron chi connectivity index (χ1n) is 5.47. The molecule has 1 N–H and O–H groups in total. The van der Waals surface area contributed by atoms with Crippen molar-refractivity contribution in [1.82, 2.24) is 9.55 Å². The lowest BCUT2D eigenvalue weighted by Gasteiger charge is -2.13. The van der Waals surface area contributed by atoms with Crippen LogP contribution in [0.25, 0.3) is 11.0 Å². The first-order valence-corrected chi connectivity index (χ1v) is 5.47. The summed E-state index contributed by atoms with van der Waals surface area (Å²) >= 11 is 0. The highest BCUT2D eigenvalue weighted by Gasteiger charge is 2.15. The first-order chi connectivity index (χ1) is 8.54. The fourth-order valence-electron chi connectivity index (χ4n) is 1.88. The second-order valence-electron chi connectivity index (χ2n) is 4.11. The van der Waals surface area contributed by atoms with Gasteiger partial charge in [-0.1, -0.05) is 0 Å². The normalized spacial score (nSPS) is 10.8. The van der Waals surface area contributed by atoms with E-state index < -0.39 is 4.92 Å². The van der Waals surface area contributed by atoms with Gasteiger partial charge in [0.15, 0.2) is 0 Å². The minimum Gasteiger partial charge on any atom is -0.395 e. The first kappa shape index (κ1) is 12.3. The van der Waals surface area contributed by atoms with Gasteiger partial charge in [-0.3, -0.25) is 10.1 Å². The van der Waals surface area contributed by atoms with E-state index in [0.29, 0.717) is 18.0 Å². The van der Waals surface area contributed by atoms with Crippen LogP contribution in [0.4, 0.5) is 11.6 Å². The number of nitro benzene ring substituents is 1. The summed E-state index contributed by atoms with van der Waals surface area (Å²) in [5.41, 5.74) is 1.35. The number of aliphatic hydroxyl groups is 1. The Hall–Kier alpha value is -2.15. The number of hydrogen-bond donors (Lipinski definition) is 1. The summed E-state index contributed by atoms with van der Waals surface area (Å²) in [6, 6.07) is 4.54. The summed E-state index contributed by atoms with van der Waals surface area (Å²) in [7, 11) is 3.67. The summed E-state index contributed by atoms with van der Waals surface area (Å²) in [5.74, 6) is 0.666. The Bertz CT molecular complexity index is 591. The molecule has 0 aliphatic carbocycles. The van der Waals surface area contributed by atoms with Crippen LogP contribution in [0.5, 0.6) is 0 Å². The zero-order valence-electron chi connectivity index (χ0n) is 10.2. The average Bonchev–Trinajstić information content (AvgIpc) is 2.68. The minimum absolute atomic E-state index is 0.0106. The van der Waals surface area contributed by atoms with Gasteiger partial charge in [-0.2, -0.15) is 0 Å². The molecule has 0 saturated carbocycles. The second kappa shape index (κ2) is 4.61. The van der Waals surface area contributed by atoms with Crippen molar-refractivity contribution in [2.45, 2.75) is 6.54 Å². The van der Waals surface area contributed by atoms with Crippen molar-refractivity contribution in [3.63, 3.8) is 0 Å². The molecule has 18 heavy (non-hydrogen) atoms. The Labute approximate surface area is 103 Å². The SMILES string of the molecule is CN(C)c1nc2cc([N+](=O)[O-])ccc2n1CCO. The van der Waals surface area contributed by atoms with E-state index >= 15 is 0 Å². The fourth-order valence-corrected chi connectivity index (χ4v) is 1.88. The monoisotopic (exact) mass is 250 g/mol. The molecule has 0 radical (unpaired) electrons. The number of hydrogen-bond acceptors (Lipinski definition) is 5. The largest absolute Gasteiger partial charge is 0.395 e. The average molecular weight is 250 g/mol. The van der Waals surface area contributed by atoms with Gasteiger partial charge in [0, 0.05) is 32.8 Å². The van der Waals surface area contributed by atoms with Crippen molar-refractivity contribution in [3.8, 4) is 0 Å². The highest BCUT2D eigenvalue weighted by molar-refractivity contribution is 5.81. The van der Waals surface area contributed by atoms with Crippen molar-refractivity contribution in [1.29, 1.82) is 0 Å². The topological polar surface area (TPSA) is 84.4 Å². The molecule has 0 amide bonds. The Morgan fingerprint density at radius 1 is 1.50 bits per heavy atom. The van der Waals surface area contributed by atoms with E-state index in [2.05, 4.69) is 4.98 Å². The molecule has 0 aliphatic rings. The molecule has 0 spiro atoms. The lowest BCUT2D eigenvalue weighted by Crippen LogP contribution is -2.16. The van der Waals surface area contributed by atoms with E-state index in [9.17, 15) is 10.1 Å². The Kier molecular flexibility index (Phi) is 3.15. The molecule has 0 atom stereocenters. The van der Waals surface area contributed by atoms with Crippen LogP contribution < -0.4 is 4.90 Å². The van der Waals surface area contributed by atoms with Crippen molar-refractivity contribution in [2.24, 2.45) is 0 Å². The predicted octanol–water partition coefficient (Wildman–Crippen LogP) is 1.00. The van der Waals surface area contributed by atoms with Crippen LogP contribution >= 0.6 is 0 Å². The van der Waals surface area contributed by atoms with E-state index in [1.165, 1.54) is 12.1 Å². The number of imidazole rings is 1. The summed E-state index contributed by atoms with van der Waals surface area (Å²) in [4.78, 5) is 16.4. The van der Waals surface area contributed by atoms with Gasteiger partial charge in [-0.25, -0.2) is 4.98 Å². The Morgan fingerprint density at radius 2 is 2.22 bits per heavy atom. The maximum absolute atomic E-state index is 10.7. The van der Waals surface area contributed by atoms with Crippen LogP contribution in [-0.4, -0.2) is 40.3 Å². The number of aromatic nitrogens is 2. The van der Waals surface area contributed by atoms with E-state index in [1.54, 1.807) is 6.07 Å². The zero-order valence-corrected chi connectivity index (χ0v) is 10.2. The van der Waals surface area contributed by atoms with Gasteiger partial charge in [0.2, 0.25) is 5.95 Å².